The van der Waals surface area contributed by atoms with Gasteiger partial charge in [0, 0.05) is 6.42 Å². The fourth-order valence-corrected chi connectivity index (χ4v) is 4.86. The van der Waals surface area contributed by atoms with E-state index in [0.29, 0.717) is 12.8 Å². The molecule has 0 bridgehead atoms. The molecule has 0 aliphatic carbocycles. The Hall–Kier alpha value is -0.810. The summed E-state index contributed by atoms with van der Waals surface area (Å²) in [5.41, 5.74) is -0.899. The van der Waals surface area contributed by atoms with E-state index < -0.39 is 42.7 Å². The lowest BCUT2D eigenvalue weighted by molar-refractivity contribution is -0.307. The maximum absolute atomic E-state index is 12.3. The van der Waals surface area contributed by atoms with E-state index in [0.717, 1.165) is 19.3 Å². The molecule has 39 heavy (non-hydrogen) atoms. The van der Waals surface area contributed by atoms with Gasteiger partial charge in [0.05, 0.1) is 25.2 Å². The average molecular weight is 563 g/mol. The van der Waals surface area contributed by atoms with E-state index in [4.69, 9.17) is 14.2 Å². The molecule has 1 aliphatic heterocycles. The highest BCUT2D eigenvalue weighted by Gasteiger charge is 2.45. The minimum atomic E-state index is -1.54. The van der Waals surface area contributed by atoms with Crippen molar-refractivity contribution in [2.45, 2.75) is 154 Å². The zero-order valence-corrected chi connectivity index (χ0v) is 24.6. The van der Waals surface area contributed by atoms with Crippen molar-refractivity contribution in [3.8, 4) is 0 Å². The molecule has 6 atom stereocenters. The number of esters is 1. The predicted octanol–water partition coefficient (Wildman–Crippen LogP) is 4.00. The van der Waals surface area contributed by atoms with E-state index in [1.165, 1.54) is 77.0 Å². The third-order valence-electron chi connectivity index (χ3n) is 8.01. The van der Waals surface area contributed by atoms with E-state index in [9.17, 15) is 30.3 Å². The topological polar surface area (TPSA) is 146 Å². The van der Waals surface area contributed by atoms with Crippen molar-refractivity contribution >= 4 is 5.97 Å². The zero-order valence-electron chi connectivity index (χ0n) is 24.6. The van der Waals surface area contributed by atoms with Crippen molar-refractivity contribution in [2.24, 2.45) is 5.41 Å². The molecule has 0 aromatic carbocycles. The second-order valence-corrected chi connectivity index (χ2v) is 11.4. The maximum atomic E-state index is 12.3. The van der Waals surface area contributed by atoms with Crippen molar-refractivity contribution in [3.05, 3.63) is 0 Å². The number of carbonyl (C=O) groups excluding carboxylic acids is 1. The molecular formula is C30H58O9. The monoisotopic (exact) mass is 562 g/mol. The molecule has 9 heteroatoms. The van der Waals surface area contributed by atoms with Gasteiger partial charge in [0.15, 0.2) is 6.29 Å². The standard InChI is InChI=1S/C30H58O9/c1-3-5-6-7-8-9-10-11-12-13-14-15-16-17-18-19-25(33)37-22-30(4-2,21-32)23-38-29-28(36)27(35)26(34)24(20-31)39-29/h24,26-29,31-32,34-36H,3-23H2,1-2H3/t24-,26-,27+,28-,29+,30?/m1/s1. The molecule has 5 N–H and O–H groups in total. The van der Waals surface area contributed by atoms with Gasteiger partial charge in [0.2, 0.25) is 0 Å². The van der Waals surface area contributed by atoms with Gasteiger partial charge in [-0.1, -0.05) is 104 Å². The van der Waals surface area contributed by atoms with Gasteiger partial charge in [-0.15, -0.1) is 0 Å². The molecule has 1 heterocycles. The Morgan fingerprint density at radius 2 is 1.23 bits per heavy atom. The van der Waals surface area contributed by atoms with E-state index in [1.54, 1.807) is 0 Å². The Balaban J connectivity index is 2.15. The van der Waals surface area contributed by atoms with Crippen LogP contribution in [0.2, 0.25) is 0 Å². The molecule has 1 saturated heterocycles. The highest BCUT2D eigenvalue weighted by atomic mass is 16.7. The lowest BCUT2D eigenvalue weighted by atomic mass is 9.88. The third kappa shape index (κ3) is 14.6. The van der Waals surface area contributed by atoms with Crippen LogP contribution in [0.4, 0.5) is 0 Å². The predicted molar refractivity (Wildman–Crippen MR) is 150 cm³/mol. The van der Waals surface area contributed by atoms with E-state index in [-0.39, 0.29) is 25.8 Å². The normalized spacial score (nSPS) is 24.9. The number of aliphatic hydroxyl groups is 5. The summed E-state index contributed by atoms with van der Waals surface area (Å²) in [7, 11) is 0. The van der Waals surface area contributed by atoms with Gasteiger partial charge < -0.3 is 39.7 Å². The summed E-state index contributed by atoms with van der Waals surface area (Å²) in [4.78, 5) is 12.3. The summed E-state index contributed by atoms with van der Waals surface area (Å²) < 4.78 is 16.4. The van der Waals surface area contributed by atoms with Crippen LogP contribution in [-0.4, -0.2) is 88.6 Å². The van der Waals surface area contributed by atoms with Crippen molar-refractivity contribution < 1.29 is 44.5 Å². The summed E-state index contributed by atoms with van der Waals surface area (Å²) in [6.45, 7) is 3.07. The maximum Gasteiger partial charge on any atom is 0.305 e. The minimum Gasteiger partial charge on any atom is -0.465 e. The van der Waals surface area contributed by atoms with Crippen LogP contribution in [0, 0.1) is 5.41 Å². The first-order chi connectivity index (χ1) is 18.8. The van der Waals surface area contributed by atoms with E-state index >= 15 is 0 Å². The number of hydrogen-bond acceptors (Lipinski definition) is 9. The molecule has 0 aromatic rings. The lowest BCUT2D eigenvalue weighted by Crippen LogP contribution is -2.59. The fraction of sp³-hybridized carbons (Fsp3) is 0.967. The Bertz CT molecular complexity index is 597. The van der Waals surface area contributed by atoms with Gasteiger partial charge in [-0.3, -0.25) is 4.79 Å². The van der Waals surface area contributed by atoms with Crippen molar-refractivity contribution in [1.82, 2.24) is 0 Å². The first kappa shape index (κ1) is 36.2. The number of aliphatic hydroxyl groups excluding tert-OH is 5. The third-order valence-corrected chi connectivity index (χ3v) is 8.01. The van der Waals surface area contributed by atoms with Crippen LogP contribution in [0.3, 0.4) is 0 Å². The second kappa shape index (κ2) is 21.9. The van der Waals surface area contributed by atoms with Crippen LogP contribution in [0.15, 0.2) is 0 Å². The molecule has 0 amide bonds. The van der Waals surface area contributed by atoms with Crippen LogP contribution in [0.25, 0.3) is 0 Å². The van der Waals surface area contributed by atoms with Gasteiger partial charge >= 0.3 is 5.97 Å². The summed E-state index contributed by atoms with van der Waals surface area (Å²) >= 11 is 0. The molecule has 0 aromatic heterocycles. The molecule has 0 saturated carbocycles. The van der Waals surface area contributed by atoms with Gasteiger partial charge in [-0.2, -0.15) is 0 Å². The molecular weight excluding hydrogens is 504 g/mol. The molecule has 1 rings (SSSR count). The quantitative estimate of drug-likeness (QED) is 0.0870. The highest BCUT2D eigenvalue weighted by Crippen LogP contribution is 2.27. The smallest absolute Gasteiger partial charge is 0.305 e. The summed E-state index contributed by atoms with van der Waals surface area (Å²) in [5, 5.41) is 49.3. The van der Waals surface area contributed by atoms with Crippen LogP contribution < -0.4 is 0 Å². The number of ether oxygens (including phenoxy) is 3. The van der Waals surface area contributed by atoms with E-state index in [2.05, 4.69) is 6.92 Å². The Labute approximate surface area is 236 Å². The number of rotatable bonds is 24. The van der Waals surface area contributed by atoms with Crippen LogP contribution in [0.1, 0.15) is 123 Å². The fourth-order valence-electron chi connectivity index (χ4n) is 4.86. The number of carbonyl (C=O) groups is 1. The lowest BCUT2D eigenvalue weighted by Gasteiger charge is -2.41. The molecule has 0 radical (unpaired) electrons. The van der Waals surface area contributed by atoms with Crippen LogP contribution in [-0.2, 0) is 19.0 Å². The number of unbranched alkanes of at least 4 members (excludes halogenated alkanes) is 14. The van der Waals surface area contributed by atoms with Crippen LogP contribution in [0.5, 0.6) is 0 Å². The number of hydrogen-bond donors (Lipinski definition) is 5. The van der Waals surface area contributed by atoms with Gasteiger partial charge in [-0.25, -0.2) is 0 Å². The SMILES string of the molecule is CCCCCCCCCCCCCCCCCC(=O)OCC(CC)(CO)CO[C@H]1O[C@H](CO)[C@@H](O)[C@H](O)[C@H]1O. The van der Waals surface area contributed by atoms with Crippen molar-refractivity contribution in [2.75, 3.05) is 26.4 Å². The second-order valence-electron chi connectivity index (χ2n) is 11.4. The first-order valence-corrected chi connectivity index (χ1v) is 15.5. The molecule has 1 fully saturated rings. The van der Waals surface area contributed by atoms with E-state index in [1.807, 2.05) is 6.92 Å². The molecule has 9 nitrogen and oxygen atoms in total. The largest absolute Gasteiger partial charge is 0.465 e. The Morgan fingerprint density at radius 1 is 0.718 bits per heavy atom. The van der Waals surface area contributed by atoms with Gasteiger partial charge in [0.25, 0.3) is 0 Å². The van der Waals surface area contributed by atoms with Crippen LogP contribution >= 0.6 is 0 Å². The zero-order chi connectivity index (χ0) is 28.9. The van der Waals surface area contributed by atoms with Gasteiger partial charge in [0.1, 0.15) is 31.0 Å². The minimum absolute atomic E-state index is 0.0466. The molecule has 1 aliphatic rings. The summed E-state index contributed by atoms with van der Waals surface area (Å²) in [6.07, 6.45) is 12.7. The highest BCUT2D eigenvalue weighted by molar-refractivity contribution is 5.69. The first-order valence-electron chi connectivity index (χ1n) is 15.5. The summed E-state index contributed by atoms with van der Waals surface area (Å²) in [6, 6.07) is 0. The Morgan fingerprint density at radius 3 is 1.69 bits per heavy atom. The molecule has 1 unspecified atom stereocenters. The van der Waals surface area contributed by atoms with Gasteiger partial charge in [-0.05, 0) is 12.8 Å². The Kier molecular flexibility index (Phi) is 20.3. The van der Waals surface area contributed by atoms with Crippen molar-refractivity contribution in [3.63, 3.8) is 0 Å². The molecule has 0 spiro atoms. The average Bonchev–Trinajstić information content (AvgIpc) is 2.95. The molecule has 232 valence electrons. The van der Waals surface area contributed by atoms with Crippen molar-refractivity contribution in [1.29, 1.82) is 0 Å². The summed E-state index contributed by atoms with van der Waals surface area (Å²) in [5.74, 6) is -0.316.